The maximum Gasteiger partial charge on any atom is 0.141 e. The van der Waals surface area contributed by atoms with E-state index in [0.29, 0.717) is 19.8 Å². The van der Waals surface area contributed by atoms with Crippen LogP contribution in [0, 0.1) is 3.57 Å². The second kappa shape index (κ2) is 6.45. The van der Waals surface area contributed by atoms with Gasteiger partial charge < -0.3 is 10.2 Å². The summed E-state index contributed by atoms with van der Waals surface area (Å²) in [4.78, 5) is 4.23. The van der Waals surface area contributed by atoms with Crippen molar-refractivity contribution in [1.29, 1.82) is 0 Å². The Bertz CT molecular complexity index is 671. The van der Waals surface area contributed by atoms with E-state index in [1.807, 2.05) is 41.6 Å². The number of aryl methyl sites for hydroxylation is 1. The average Bonchev–Trinajstić information content (AvgIpc) is 2.42. The molecule has 0 saturated carbocycles. The Morgan fingerprint density at radius 1 is 1.25 bits per heavy atom. The van der Waals surface area contributed by atoms with Gasteiger partial charge in [0.15, 0.2) is 0 Å². The van der Waals surface area contributed by atoms with E-state index < -0.39 is 0 Å². The van der Waals surface area contributed by atoms with Gasteiger partial charge in [0, 0.05) is 16.8 Å². The summed E-state index contributed by atoms with van der Waals surface area (Å²) in [5.41, 5.74) is 2.07. The van der Waals surface area contributed by atoms with Crippen molar-refractivity contribution in [2.75, 3.05) is 0 Å². The van der Waals surface area contributed by atoms with Crippen molar-refractivity contribution < 1.29 is 10.2 Å². The molecule has 0 aliphatic rings. The number of hydrogen-bond donors (Lipinski definition) is 2. The Kier molecular flexibility index (Phi) is 4.88. The van der Waals surface area contributed by atoms with Gasteiger partial charge in [-0.05, 0) is 58.8 Å². The van der Waals surface area contributed by atoms with Crippen molar-refractivity contribution in [2.45, 2.75) is 13.3 Å². The van der Waals surface area contributed by atoms with Gasteiger partial charge in [0.1, 0.15) is 17.2 Å². The molecule has 0 saturated heterocycles. The second-order valence-corrected chi connectivity index (χ2v) is 5.86. The molecule has 0 atom stereocenters. The van der Waals surface area contributed by atoms with E-state index in [9.17, 15) is 10.2 Å². The minimum atomic E-state index is 0.106. The minimum absolute atomic E-state index is 0.106. The number of phenolic OH excluding ortho intramolecular Hbond substituents is 2. The van der Waals surface area contributed by atoms with Gasteiger partial charge in [0.25, 0.3) is 0 Å². The molecule has 0 spiro atoms. The number of benzene rings is 2. The van der Waals surface area contributed by atoms with Crippen molar-refractivity contribution in [3.05, 3.63) is 50.1 Å². The number of hydrogen-bond acceptors (Lipinski definition) is 3. The first-order valence-corrected chi connectivity index (χ1v) is 7.51. The lowest BCUT2D eigenvalue weighted by Gasteiger charge is -2.04. The molecule has 2 rings (SSSR count). The van der Waals surface area contributed by atoms with Gasteiger partial charge in [-0.15, -0.1) is 0 Å². The Balaban J connectivity index is 2.39. The van der Waals surface area contributed by atoms with E-state index >= 15 is 0 Å². The molecule has 2 aromatic rings. The summed E-state index contributed by atoms with van der Waals surface area (Å²) in [7, 11) is 0. The summed E-state index contributed by atoms with van der Waals surface area (Å²) >= 11 is 7.96. The lowest BCUT2D eigenvalue weighted by molar-refractivity contribution is 0.470. The van der Waals surface area contributed by atoms with Crippen LogP contribution in [0.1, 0.15) is 18.1 Å². The third kappa shape index (κ3) is 3.43. The van der Waals surface area contributed by atoms with Crippen LogP contribution in [0.4, 0.5) is 5.69 Å². The molecule has 0 aliphatic heterocycles. The number of nitrogens with zero attached hydrogens (tertiary/aromatic N) is 1. The summed E-state index contributed by atoms with van der Waals surface area (Å²) in [5.74, 6) is 0.236. The number of halogens is 2. The predicted molar refractivity (Wildman–Crippen MR) is 90.6 cm³/mol. The molecule has 0 amide bonds. The lowest BCUT2D eigenvalue weighted by atomic mass is 10.1. The highest BCUT2D eigenvalue weighted by Crippen LogP contribution is 2.30. The van der Waals surface area contributed by atoms with E-state index in [4.69, 9.17) is 11.6 Å². The van der Waals surface area contributed by atoms with Gasteiger partial charge in [0.2, 0.25) is 0 Å². The molecule has 104 valence electrons. The van der Waals surface area contributed by atoms with Gasteiger partial charge >= 0.3 is 0 Å². The first kappa shape index (κ1) is 15.1. The molecule has 0 aromatic heterocycles. The summed E-state index contributed by atoms with van der Waals surface area (Å²) in [6.07, 6.45) is 2.36. The highest BCUT2D eigenvalue weighted by atomic mass is 127. The number of phenols is 2. The molecular weight excluding hydrogens is 389 g/mol. The monoisotopic (exact) mass is 401 g/mol. The van der Waals surface area contributed by atoms with Crippen molar-refractivity contribution in [3.8, 4) is 11.5 Å². The van der Waals surface area contributed by atoms with Crippen LogP contribution in [0.2, 0.25) is 5.02 Å². The SMILES string of the molecule is CCc1ccc(O)c(N=Cc2cc(Cl)cc(I)c2O)c1. The number of aliphatic imine (C=N–C) groups is 1. The Morgan fingerprint density at radius 3 is 2.70 bits per heavy atom. The van der Waals surface area contributed by atoms with Crippen LogP contribution >= 0.6 is 34.2 Å². The third-order valence-corrected chi connectivity index (χ3v) is 3.89. The zero-order valence-corrected chi connectivity index (χ0v) is 13.7. The molecule has 0 unspecified atom stereocenters. The van der Waals surface area contributed by atoms with Crippen molar-refractivity contribution in [3.63, 3.8) is 0 Å². The van der Waals surface area contributed by atoms with Crippen molar-refractivity contribution in [2.24, 2.45) is 4.99 Å². The zero-order valence-electron chi connectivity index (χ0n) is 10.8. The molecule has 2 N–H and O–H groups in total. The topological polar surface area (TPSA) is 52.8 Å². The van der Waals surface area contributed by atoms with Gasteiger partial charge in [-0.2, -0.15) is 0 Å². The average molecular weight is 402 g/mol. The quantitative estimate of drug-likeness (QED) is 0.580. The second-order valence-electron chi connectivity index (χ2n) is 4.26. The van der Waals surface area contributed by atoms with Gasteiger partial charge in [-0.3, -0.25) is 4.99 Å². The molecule has 0 aliphatic carbocycles. The fraction of sp³-hybridized carbons (Fsp3) is 0.133. The first-order valence-electron chi connectivity index (χ1n) is 6.05. The summed E-state index contributed by atoms with van der Waals surface area (Å²) in [5, 5.41) is 20.3. The van der Waals surface area contributed by atoms with Crippen molar-refractivity contribution in [1.82, 2.24) is 0 Å². The third-order valence-electron chi connectivity index (χ3n) is 2.85. The van der Waals surface area contributed by atoms with Crippen molar-refractivity contribution >= 4 is 46.1 Å². The normalized spacial score (nSPS) is 11.2. The molecule has 0 bridgehead atoms. The maximum absolute atomic E-state index is 9.95. The molecule has 3 nitrogen and oxygen atoms in total. The fourth-order valence-corrected chi connectivity index (χ4v) is 2.77. The van der Waals surface area contributed by atoms with Crippen LogP contribution in [0.15, 0.2) is 35.3 Å². The van der Waals surface area contributed by atoms with E-state index in [-0.39, 0.29) is 11.5 Å². The molecule has 0 radical (unpaired) electrons. The van der Waals surface area contributed by atoms with Crippen LogP contribution in [-0.4, -0.2) is 16.4 Å². The molecular formula is C15H13ClINO2. The molecule has 5 heteroatoms. The molecule has 2 aromatic carbocycles. The minimum Gasteiger partial charge on any atom is -0.506 e. The largest absolute Gasteiger partial charge is 0.506 e. The fourth-order valence-electron chi connectivity index (χ4n) is 1.72. The van der Waals surface area contributed by atoms with Crippen LogP contribution in [-0.2, 0) is 6.42 Å². The van der Waals surface area contributed by atoms with E-state index in [1.165, 1.54) is 6.21 Å². The Hall–Kier alpha value is -1.27. The van der Waals surface area contributed by atoms with Crippen LogP contribution in [0.3, 0.4) is 0 Å². The van der Waals surface area contributed by atoms with E-state index in [2.05, 4.69) is 4.99 Å². The summed E-state index contributed by atoms with van der Waals surface area (Å²) in [6, 6.07) is 8.59. The molecule has 0 heterocycles. The highest BCUT2D eigenvalue weighted by Gasteiger charge is 2.06. The van der Waals surface area contributed by atoms with E-state index in [1.54, 1.807) is 18.2 Å². The zero-order chi connectivity index (χ0) is 14.7. The lowest BCUT2D eigenvalue weighted by Crippen LogP contribution is -1.86. The number of aromatic hydroxyl groups is 2. The van der Waals surface area contributed by atoms with Crippen LogP contribution in [0.25, 0.3) is 0 Å². The van der Waals surface area contributed by atoms with E-state index in [0.717, 1.165) is 12.0 Å². The Morgan fingerprint density at radius 2 is 2.00 bits per heavy atom. The highest BCUT2D eigenvalue weighted by molar-refractivity contribution is 14.1. The predicted octanol–water partition coefficient (Wildman–Crippen LogP) is 4.67. The summed E-state index contributed by atoms with van der Waals surface area (Å²) < 4.78 is 0.656. The smallest absolute Gasteiger partial charge is 0.141 e. The summed E-state index contributed by atoms with van der Waals surface area (Å²) in [6.45, 7) is 2.03. The molecule has 20 heavy (non-hydrogen) atoms. The van der Waals surface area contributed by atoms with Gasteiger partial charge in [0.05, 0.1) is 3.57 Å². The van der Waals surface area contributed by atoms with Gasteiger partial charge in [-0.1, -0.05) is 24.6 Å². The molecule has 0 fully saturated rings. The van der Waals surface area contributed by atoms with Crippen LogP contribution < -0.4 is 0 Å². The first-order chi connectivity index (χ1) is 9.51. The number of rotatable bonds is 3. The standard InChI is InChI=1S/C15H13ClINO2/c1-2-9-3-4-14(19)13(5-9)18-8-10-6-11(16)7-12(17)15(10)20/h3-8,19-20H,2H2,1H3. The van der Waals surface area contributed by atoms with Crippen LogP contribution in [0.5, 0.6) is 11.5 Å². The Labute approximate surface area is 136 Å². The van der Waals surface area contributed by atoms with Gasteiger partial charge in [-0.25, -0.2) is 0 Å². The maximum atomic E-state index is 9.95.